The van der Waals surface area contributed by atoms with Gasteiger partial charge in [0.2, 0.25) is 0 Å². The maximum Gasteiger partial charge on any atom is 0.342 e. The molecule has 0 saturated carbocycles. The van der Waals surface area contributed by atoms with Crippen LogP contribution in [-0.4, -0.2) is 36.7 Å². The van der Waals surface area contributed by atoms with E-state index in [9.17, 15) is 9.59 Å². The second-order valence-corrected chi connectivity index (χ2v) is 4.92. The second kappa shape index (κ2) is 6.86. The number of fused-ring (bicyclic) bond motifs is 1. The fraction of sp³-hybridized carbons (Fsp3) is 0.188. The third kappa shape index (κ3) is 3.54. The minimum atomic E-state index is -0.710. The van der Waals surface area contributed by atoms with Crippen molar-refractivity contribution in [2.45, 2.75) is 0 Å². The van der Waals surface area contributed by atoms with E-state index in [1.807, 2.05) is 0 Å². The van der Waals surface area contributed by atoms with Gasteiger partial charge in [0, 0.05) is 18.0 Å². The van der Waals surface area contributed by atoms with E-state index in [1.54, 1.807) is 24.3 Å². The van der Waals surface area contributed by atoms with Crippen molar-refractivity contribution in [3.05, 3.63) is 42.1 Å². The van der Waals surface area contributed by atoms with Gasteiger partial charge in [0.05, 0.1) is 0 Å². The van der Waals surface area contributed by atoms with E-state index < -0.39 is 18.5 Å². The van der Waals surface area contributed by atoms with Crippen LogP contribution in [0.3, 0.4) is 0 Å². The normalized spacial score (nSPS) is 12.3. The molecule has 0 aliphatic carbocycles. The summed E-state index contributed by atoms with van der Waals surface area (Å²) in [4.78, 5) is 27.5. The largest absolute Gasteiger partial charge is 0.486 e. The highest BCUT2D eigenvalue weighted by molar-refractivity contribution is 5.97. The molecular formula is C16H15N3O5. The summed E-state index contributed by atoms with van der Waals surface area (Å²) in [5.41, 5.74) is 6.21. The van der Waals surface area contributed by atoms with Crippen LogP contribution in [0, 0.1) is 0 Å². The van der Waals surface area contributed by atoms with Gasteiger partial charge in [-0.1, -0.05) is 0 Å². The van der Waals surface area contributed by atoms with E-state index in [1.165, 1.54) is 12.3 Å². The zero-order valence-electron chi connectivity index (χ0n) is 12.7. The number of carbonyl (C=O) groups is 2. The number of pyridine rings is 1. The van der Waals surface area contributed by atoms with Crippen molar-refractivity contribution in [2.24, 2.45) is 0 Å². The summed E-state index contributed by atoms with van der Waals surface area (Å²) in [5, 5.41) is 2.61. The predicted molar refractivity (Wildman–Crippen MR) is 85.0 cm³/mol. The van der Waals surface area contributed by atoms with Crippen LogP contribution in [-0.2, 0) is 9.53 Å². The molecule has 0 spiro atoms. The van der Waals surface area contributed by atoms with E-state index in [2.05, 4.69) is 10.3 Å². The molecule has 0 bridgehead atoms. The van der Waals surface area contributed by atoms with Gasteiger partial charge in [0.1, 0.15) is 24.6 Å². The highest BCUT2D eigenvalue weighted by Crippen LogP contribution is 2.32. The van der Waals surface area contributed by atoms with E-state index >= 15 is 0 Å². The van der Waals surface area contributed by atoms with Crippen LogP contribution >= 0.6 is 0 Å². The molecule has 1 aromatic heterocycles. The number of nitrogens with one attached hydrogen (secondary N) is 1. The number of hydrogen-bond donors (Lipinski definition) is 2. The van der Waals surface area contributed by atoms with Gasteiger partial charge < -0.3 is 25.3 Å². The number of aromatic nitrogens is 1. The molecule has 1 aliphatic rings. The first-order valence-electron chi connectivity index (χ1n) is 7.20. The number of benzene rings is 1. The smallest absolute Gasteiger partial charge is 0.342 e. The Bertz CT molecular complexity index is 778. The molecule has 3 N–H and O–H groups in total. The molecule has 1 amide bonds. The molecule has 0 saturated heterocycles. The van der Waals surface area contributed by atoms with E-state index in [0.29, 0.717) is 30.4 Å². The molecule has 24 heavy (non-hydrogen) atoms. The third-order valence-electron chi connectivity index (χ3n) is 3.22. The van der Waals surface area contributed by atoms with Crippen molar-refractivity contribution in [1.29, 1.82) is 0 Å². The Morgan fingerprint density at radius 3 is 2.79 bits per heavy atom. The number of rotatable bonds is 4. The molecule has 8 nitrogen and oxygen atoms in total. The van der Waals surface area contributed by atoms with Gasteiger partial charge in [-0.2, -0.15) is 0 Å². The van der Waals surface area contributed by atoms with Gasteiger partial charge in [-0.15, -0.1) is 0 Å². The highest BCUT2D eigenvalue weighted by atomic mass is 16.6. The lowest BCUT2D eigenvalue weighted by molar-refractivity contribution is -0.119. The fourth-order valence-electron chi connectivity index (χ4n) is 2.12. The molecule has 2 aromatic rings. The van der Waals surface area contributed by atoms with Crippen molar-refractivity contribution in [1.82, 2.24) is 4.98 Å². The lowest BCUT2D eigenvalue weighted by atomic mass is 10.2. The summed E-state index contributed by atoms with van der Waals surface area (Å²) < 4.78 is 15.8. The SMILES string of the molecule is Nc1ncccc1C(=O)OCC(=O)Nc1ccc2c(c1)OCCO2. The van der Waals surface area contributed by atoms with E-state index in [4.69, 9.17) is 19.9 Å². The zero-order valence-corrected chi connectivity index (χ0v) is 12.7. The number of nitrogen functional groups attached to an aromatic ring is 1. The summed E-state index contributed by atoms with van der Waals surface area (Å²) in [5.74, 6) is 0.0343. The number of anilines is 2. The first-order valence-corrected chi connectivity index (χ1v) is 7.20. The first-order chi connectivity index (χ1) is 11.6. The van der Waals surface area contributed by atoms with Crippen LogP contribution in [0.15, 0.2) is 36.5 Å². The minimum absolute atomic E-state index is 0.0507. The Kier molecular flexibility index (Phi) is 4.46. The standard InChI is InChI=1S/C16H15N3O5/c17-15-11(2-1-5-18-15)16(21)24-9-14(20)19-10-3-4-12-13(8-10)23-7-6-22-12/h1-5,8H,6-7,9H2,(H2,17,18)(H,19,20). The van der Waals surface area contributed by atoms with Crippen LogP contribution in [0.25, 0.3) is 0 Å². The van der Waals surface area contributed by atoms with Crippen molar-refractivity contribution >= 4 is 23.4 Å². The molecular weight excluding hydrogens is 314 g/mol. The maximum absolute atomic E-state index is 11.9. The predicted octanol–water partition coefficient (Wildman–Crippen LogP) is 1.23. The Hall–Kier alpha value is -3.29. The van der Waals surface area contributed by atoms with Crippen molar-refractivity contribution in [2.75, 3.05) is 30.9 Å². The molecule has 0 radical (unpaired) electrons. The van der Waals surface area contributed by atoms with Crippen molar-refractivity contribution in [3.8, 4) is 11.5 Å². The monoisotopic (exact) mass is 329 g/mol. The number of nitrogens with two attached hydrogens (primary N) is 1. The van der Waals surface area contributed by atoms with Crippen LogP contribution in [0.4, 0.5) is 11.5 Å². The zero-order chi connectivity index (χ0) is 16.9. The number of ether oxygens (including phenoxy) is 3. The van der Waals surface area contributed by atoms with Crippen LogP contribution < -0.4 is 20.5 Å². The van der Waals surface area contributed by atoms with Crippen LogP contribution in [0.5, 0.6) is 11.5 Å². The number of hydrogen-bond acceptors (Lipinski definition) is 7. The Balaban J connectivity index is 1.56. The number of esters is 1. The summed E-state index contributed by atoms with van der Waals surface area (Å²) in [6.45, 7) is 0.502. The van der Waals surface area contributed by atoms with E-state index in [0.717, 1.165) is 0 Å². The molecule has 0 fully saturated rings. The average Bonchev–Trinajstić information content (AvgIpc) is 2.60. The highest BCUT2D eigenvalue weighted by Gasteiger charge is 2.15. The average molecular weight is 329 g/mol. The van der Waals surface area contributed by atoms with Gasteiger partial charge >= 0.3 is 5.97 Å². The molecule has 1 aromatic carbocycles. The van der Waals surface area contributed by atoms with Gasteiger partial charge in [-0.3, -0.25) is 4.79 Å². The van der Waals surface area contributed by atoms with Gasteiger partial charge in [-0.05, 0) is 24.3 Å². The molecule has 124 valence electrons. The molecule has 8 heteroatoms. The summed E-state index contributed by atoms with van der Waals surface area (Å²) >= 11 is 0. The summed E-state index contributed by atoms with van der Waals surface area (Å²) in [6.07, 6.45) is 1.46. The molecule has 1 aliphatic heterocycles. The van der Waals surface area contributed by atoms with Crippen LogP contribution in [0.1, 0.15) is 10.4 Å². The minimum Gasteiger partial charge on any atom is -0.486 e. The lowest BCUT2D eigenvalue weighted by Crippen LogP contribution is -2.22. The number of nitrogens with zero attached hydrogens (tertiary/aromatic N) is 1. The summed E-state index contributed by atoms with van der Waals surface area (Å²) in [7, 11) is 0. The van der Waals surface area contributed by atoms with Crippen molar-refractivity contribution in [3.63, 3.8) is 0 Å². The summed E-state index contributed by atoms with van der Waals surface area (Å²) in [6, 6.07) is 8.05. The molecule has 0 unspecified atom stereocenters. The lowest BCUT2D eigenvalue weighted by Gasteiger charge is -2.19. The number of amides is 1. The van der Waals surface area contributed by atoms with Crippen LogP contribution in [0.2, 0.25) is 0 Å². The Labute approximate surface area is 137 Å². The van der Waals surface area contributed by atoms with Gasteiger partial charge in [-0.25, -0.2) is 9.78 Å². The van der Waals surface area contributed by atoms with E-state index in [-0.39, 0.29) is 11.4 Å². The third-order valence-corrected chi connectivity index (χ3v) is 3.22. The fourth-order valence-corrected chi connectivity index (χ4v) is 2.12. The molecule has 3 rings (SSSR count). The first kappa shape index (κ1) is 15.6. The van der Waals surface area contributed by atoms with Gasteiger partial charge in [0.25, 0.3) is 5.91 Å². The molecule has 0 atom stereocenters. The van der Waals surface area contributed by atoms with Gasteiger partial charge in [0.15, 0.2) is 18.1 Å². The second-order valence-electron chi connectivity index (χ2n) is 4.92. The maximum atomic E-state index is 11.9. The topological polar surface area (TPSA) is 113 Å². The van der Waals surface area contributed by atoms with Crippen molar-refractivity contribution < 1.29 is 23.8 Å². The number of carbonyl (C=O) groups excluding carboxylic acids is 2. The Morgan fingerprint density at radius 2 is 2.00 bits per heavy atom. The molecule has 2 heterocycles. The Morgan fingerprint density at radius 1 is 1.21 bits per heavy atom. The quantitative estimate of drug-likeness (QED) is 0.811.